The van der Waals surface area contributed by atoms with Crippen LogP contribution >= 0.6 is 0 Å². The van der Waals surface area contributed by atoms with E-state index in [1.165, 1.54) is 6.42 Å². The predicted molar refractivity (Wildman–Crippen MR) is 42.3 cm³/mol. The van der Waals surface area contributed by atoms with Crippen molar-refractivity contribution in [3.05, 3.63) is 0 Å². The summed E-state index contributed by atoms with van der Waals surface area (Å²) in [6.45, 7) is 6.14. The minimum Gasteiger partial charge on any atom is -0.348 e. The third-order valence-electron chi connectivity index (χ3n) is 2.74. The summed E-state index contributed by atoms with van der Waals surface area (Å²) in [4.78, 5) is 0. The third kappa shape index (κ3) is 1.30. The Kier molecular flexibility index (Phi) is 1.52. The Morgan fingerprint density at radius 2 is 1.64 bits per heavy atom. The molecule has 0 amide bonds. The van der Waals surface area contributed by atoms with Crippen molar-refractivity contribution in [3.8, 4) is 0 Å². The molecule has 1 aliphatic carbocycles. The van der Waals surface area contributed by atoms with Gasteiger partial charge in [-0.2, -0.15) is 0 Å². The summed E-state index contributed by atoms with van der Waals surface area (Å²) in [7, 11) is 0. The van der Waals surface area contributed by atoms with E-state index >= 15 is 0 Å². The van der Waals surface area contributed by atoms with E-state index < -0.39 is 0 Å². The molecule has 1 aliphatic heterocycles. The van der Waals surface area contributed by atoms with Gasteiger partial charge in [0.1, 0.15) is 0 Å². The van der Waals surface area contributed by atoms with E-state index in [1.54, 1.807) is 0 Å². The molecule has 2 aliphatic rings. The Labute approximate surface area is 67.9 Å². The van der Waals surface area contributed by atoms with Crippen LogP contribution in [0.25, 0.3) is 0 Å². The molecule has 11 heavy (non-hydrogen) atoms. The number of rotatable bonds is 0. The fourth-order valence-electron chi connectivity index (χ4n) is 2.18. The molecule has 0 atom stereocenters. The fraction of sp³-hybridized carbons (Fsp3) is 1.00. The molecule has 2 nitrogen and oxygen atoms in total. The Bertz CT molecular complexity index is 157. The van der Waals surface area contributed by atoms with Crippen molar-refractivity contribution in [2.24, 2.45) is 5.41 Å². The molecule has 1 heterocycles. The maximum atomic E-state index is 5.61. The molecule has 2 heteroatoms. The topological polar surface area (TPSA) is 18.5 Å². The van der Waals surface area contributed by atoms with Crippen molar-refractivity contribution in [1.82, 2.24) is 0 Å². The van der Waals surface area contributed by atoms with Crippen LogP contribution in [0.15, 0.2) is 0 Å². The molecule has 1 spiro atoms. The van der Waals surface area contributed by atoms with Crippen molar-refractivity contribution < 1.29 is 9.47 Å². The van der Waals surface area contributed by atoms with Gasteiger partial charge in [0.25, 0.3) is 0 Å². The normalized spacial score (nSPS) is 33.3. The Hall–Kier alpha value is -0.0800. The summed E-state index contributed by atoms with van der Waals surface area (Å²) in [6.07, 6.45) is 3.38. The molecule has 1 saturated heterocycles. The molecule has 0 aromatic carbocycles. The lowest BCUT2D eigenvalue weighted by Crippen LogP contribution is -2.27. The van der Waals surface area contributed by atoms with Gasteiger partial charge in [-0.1, -0.05) is 13.8 Å². The van der Waals surface area contributed by atoms with E-state index in [1.807, 2.05) is 0 Å². The van der Waals surface area contributed by atoms with Crippen LogP contribution in [0.2, 0.25) is 0 Å². The van der Waals surface area contributed by atoms with Gasteiger partial charge in [-0.25, -0.2) is 0 Å². The van der Waals surface area contributed by atoms with Crippen molar-refractivity contribution in [1.29, 1.82) is 0 Å². The van der Waals surface area contributed by atoms with Crippen LogP contribution in [0.1, 0.15) is 33.1 Å². The first-order chi connectivity index (χ1) is 5.12. The third-order valence-corrected chi connectivity index (χ3v) is 2.74. The van der Waals surface area contributed by atoms with E-state index in [0.717, 1.165) is 26.1 Å². The van der Waals surface area contributed by atoms with E-state index in [4.69, 9.17) is 9.47 Å². The molecule has 0 aromatic rings. The summed E-state index contributed by atoms with van der Waals surface area (Å²) in [5.41, 5.74) is 0.421. The van der Waals surface area contributed by atoms with Gasteiger partial charge in [-0.15, -0.1) is 0 Å². The highest BCUT2D eigenvalue weighted by Crippen LogP contribution is 2.47. The van der Waals surface area contributed by atoms with Gasteiger partial charge in [-0.05, 0) is 11.8 Å². The highest BCUT2D eigenvalue weighted by atomic mass is 16.7. The number of hydrogen-bond donors (Lipinski definition) is 0. The quantitative estimate of drug-likeness (QED) is 0.533. The number of hydrogen-bond acceptors (Lipinski definition) is 2. The maximum Gasteiger partial charge on any atom is 0.169 e. The van der Waals surface area contributed by atoms with Crippen molar-refractivity contribution >= 4 is 0 Å². The van der Waals surface area contributed by atoms with E-state index in [9.17, 15) is 0 Å². The molecule has 2 fully saturated rings. The lowest BCUT2D eigenvalue weighted by molar-refractivity contribution is -0.155. The van der Waals surface area contributed by atoms with Crippen LogP contribution in [0.5, 0.6) is 0 Å². The standard InChI is InChI=1S/C9H16O2/c1-8(2)3-4-9(7-8)10-5-6-11-9/h3-7H2,1-2H3. The molecular formula is C9H16O2. The van der Waals surface area contributed by atoms with Gasteiger partial charge in [-0.3, -0.25) is 0 Å². The molecule has 1 saturated carbocycles. The minimum absolute atomic E-state index is 0.177. The maximum absolute atomic E-state index is 5.61. The molecule has 0 radical (unpaired) electrons. The van der Waals surface area contributed by atoms with Crippen LogP contribution in [0, 0.1) is 5.41 Å². The monoisotopic (exact) mass is 156 g/mol. The second-order valence-corrected chi connectivity index (χ2v) is 4.45. The smallest absolute Gasteiger partial charge is 0.169 e. The summed E-state index contributed by atoms with van der Waals surface area (Å²) in [5.74, 6) is -0.177. The number of ether oxygens (including phenoxy) is 2. The van der Waals surface area contributed by atoms with Crippen molar-refractivity contribution in [2.75, 3.05) is 13.2 Å². The van der Waals surface area contributed by atoms with Gasteiger partial charge in [0, 0.05) is 12.8 Å². The van der Waals surface area contributed by atoms with E-state index in [0.29, 0.717) is 5.41 Å². The van der Waals surface area contributed by atoms with Gasteiger partial charge in [0.05, 0.1) is 13.2 Å². The summed E-state index contributed by atoms with van der Waals surface area (Å²) < 4.78 is 11.2. The molecule has 0 unspecified atom stereocenters. The largest absolute Gasteiger partial charge is 0.348 e. The Balaban J connectivity index is 2.07. The van der Waals surface area contributed by atoms with Gasteiger partial charge < -0.3 is 9.47 Å². The van der Waals surface area contributed by atoms with Crippen LogP contribution in [-0.2, 0) is 9.47 Å². The van der Waals surface area contributed by atoms with E-state index in [2.05, 4.69) is 13.8 Å². The van der Waals surface area contributed by atoms with Gasteiger partial charge >= 0.3 is 0 Å². The van der Waals surface area contributed by atoms with Gasteiger partial charge in [0.15, 0.2) is 5.79 Å². The van der Waals surface area contributed by atoms with Gasteiger partial charge in [0.2, 0.25) is 0 Å². The van der Waals surface area contributed by atoms with Crippen LogP contribution in [0.4, 0.5) is 0 Å². The molecule has 64 valence electrons. The molecule has 0 aromatic heterocycles. The average Bonchev–Trinajstić information content (AvgIpc) is 2.43. The predicted octanol–water partition coefficient (Wildman–Crippen LogP) is 1.94. The van der Waals surface area contributed by atoms with Crippen molar-refractivity contribution in [3.63, 3.8) is 0 Å². The first kappa shape index (κ1) is 7.56. The lowest BCUT2D eigenvalue weighted by Gasteiger charge is -2.23. The Morgan fingerprint density at radius 3 is 2.09 bits per heavy atom. The fourth-order valence-corrected chi connectivity index (χ4v) is 2.18. The molecule has 2 rings (SSSR count). The second-order valence-electron chi connectivity index (χ2n) is 4.45. The van der Waals surface area contributed by atoms with Crippen molar-refractivity contribution in [2.45, 2.75) is 38.9 Å². The molecular weight excluding hydrogens is 140 g/mol. The van der Waals surface area contributed by atoms with Crippen LogP contribution in [0.3, 0.4) is 0 Å². The minimum atomic E-state index is -0.177. The summed E-state index contributed by atoms with van der Waals surface area (Å²) in [5, 5.41) is 0. The second kappa shape index (κ2) is 2.20. The highest BCUT2D eigenvalue weighted by molar-refractivity contribution is 4.90. The lowest BCUT2D eigenvalue weighted by atomic mass is 9.91. The molecule has 0 N–H and O–H groups in total. The first-order valence-corrected chi connectivity index (χ1v) is 4.40. The summed E-state index contributed by atoms with van der Waals surface area (Å²) in [6, 6.07) is 0. The molecule has 0 bridgehead atoms. The SMILES string of the molecule is CC1(C)CCC2(C1)OCCO2. The zero-order valence-corrected chi connectivity index (χ0v) is 7.35. The highest BCUT2D eigenvalue weighted by Gasteiger charge is 2.47. The van der Waals surface area contributed by atoms with E-state index in [-0.39, 0.29) is 5.79 Å². The average molecular weight is 156 g/mol. The zero-order valence-electron chi connectivity index (χ0n) is 7.35. The first-order valence-electron chi connectivity index (χ1n) is 4.40. The van der Waals surface area contributed by atoms with Crippen LogP contribution in [-0.4, -0.2) is 19.0 Å². The zero-order chi connectivity index (χ0) is 7.95. The summed E-state index contributed by atoms with van der Waals surface area (Å²) >= 11 is 0. The Morgan fingerprint density at radius 1 is 1.00 bits per heavy atom. The van der Waals surface area contributed by atoms with Crippen LogP contribution < -0.4 is 0 Å².